The molecule has 33 heavy (non-hydrogen) atoms. The van der Waals surface area contributed by atoms with E-state index in [4.69, 9.17) is 16.0 Å². The number of rotatable bonds is 2. The molecule has 4 nitrogen and oxygen atoms in total. The summed E-state index contributed by atoms with van der Waals surface area (Å²) < 4.78 is 46.0. The zero-order valence-corrected chi connectivity index (χ0v) is 17.9. The lowest BCUT2D eigenvalue weighted by molar-refractivity contribution is -0.137. The van der Waals surface area contributed by atoms with Crippen molar-refractivity contribution in [1.82, 2.24) is 0 Å². The number of halogens is 4. The molecule has 2 heterocycles. The predicted molar refractivity (Wildman–Crippen MR) is 119 cm³/mol. The molecule has 5 rings (SSSR count). The van der Waals surface area contributed by atoms with Gasteiger partial charge in [0.15, 0.2) is 5.43 Å². The van der Waals surface area contributed by atoms with E-state index in [0.717, 1.165) is 17.7 Å². The van der Waals surface area contributed by atoms with E-state index in [9.17, 15) is 22.8 Å². The molecule has 1 aromatic heterocycles. The van der Waals surface area contributed by atoms with Gasteiger partial charge in [-0.3, -0.25) is 14.5 Å². The van der Waals surface area contributed by atoms with E-state index in [1.54, 1.807) is 12.1 Å². The van der Waals surface area contributed by atoms with Crippen LogP contribution < -0.4 is 10.3 Å². The Balaban J connectivity index is 1.79. The van der Waals surface area contributed by atoms with Gasteiger partial charge in [0, 0.05) is 10.7 Å². The lowest BCUT2D eigenvalue weighted by Crippen LogP contribution is -2.29. The maximum absolute atomic E-state index is 13.5. The number of fused-ring (bicyclic) bond motifs is 2. The number of benzene rings is 3. The molecule has 0 aliphatic carbocycles. The number of carbonyl (C=O) groups excluding carboxylic acids is 1. The maximum atomic E-state index is 13.5. The molecule has 0 saturated heterocycles. The first-order valence-electron chi connectivity index (χ1n) is 9.99. The van der Waals surface area contributed by atoms with E-state index in [1.807, 2.05) is 19.1 Å². The quantitative estimate of drug-likeness (QED) is 0.335. The number of aryl methyl sites for hydroxylation is 1. The molecule has 0 radical (unpaired) electrons. The Bertz CT molecular complexity index is 1480. The Hall–Kier alpha value is -3.58. The third-order valence-electron chi connectivity index (χ3n) is 5.68. The Morgan fingerprint density at radius 1 is 0.970 bits per heavy atom. The van der Waals surface area contributed by atoms with Crippen molar-refractivity contribution in [3.8, 4) is 0 Å². The van der Waals surface area contributed by atoms with Crippen molar-refractivity contribution in [2.75, 3.05) is 4.90 Å². The van der Waals surface area contributed by atoms with Crippen molar-refractivity contribution >= 4 is 34.2 Å². The monoisotopic (exact) mass is 469 g/mol. The molecule has 1 aliphatic heterocycles. The number of hydrogen-bond donors (Lipinski definition) is 0. The molecule has 1 amide bonds. The predicted octanol–water partition coefficient (Wildman–Crippen LogP) is 6.52. The molecule has 1 aliphatic rings. The summed E-state index contributed by atoms with van der Waals surface area (Å²) in [5, 5.41) is 0.512. The average molecular weight is 470 g/mol. The van der Waals surface area contributed by atoms with E-state index in [2.05, 4.69) is 0 Å². The fraction of sp³-hybridized carbons (Fsp3) is 0.120. The highest BCUT2D eigenvalue weighted by Gasteiger charge is 2.44. The SMILES string of the molecule is Cc1ccc(C2c3c(oc4ccc(Cl)cc4c3=O)C(=O)N2c2cccc(C(F)(F)F)c2)cc1. The number of alkyl halides is 3. The second kappa shape index (κ2) is 7.49. The number of anilines is 1. The second-order valence-electron chi connectivity index (χ2n) is 7.85. The number of amides is 1. The van der Waals surface area contributed by atoms with Gasteiger partial charge in [-0.15, -0.1) is 0 Å². The molecule has 0 saturated carbocycles. The standard InChI is InChI=1S/C25H15ClF3NO3/c1-13-5-7-14(8-6-13)21-20-22(31)18-12-16(26)9-10-19(18)33-23(20)24(32)30(21)17-4-2-3-15(11-17)25(27,28)29/h2-12,21H,1H3. The molecule has 4 aromatic rings. The van der Waals surface area contributed by atoms with Gasteiger partial charge in [-0.2, -0.15) is 13.2 Å². The summed E-state index contributed by atoms with van der Waals surface area (Å²) in [6.07, 6.45) is -4.59. The van der Waals surface area contributed by atoms with E-state index < -0.39 is 29.1 Å². The Kier molecular flexibility index (Phi) is 4.83. The summed E-state index contributed by atoms with van der Waals surface area (Å²) in [4.78, 5) is 28.1. The molecule has 0 N–H and O–H groups in total. The lowest BCUT2D eigenvalue weighted by Gasteiger charge is -2.26. The van der Waals surface area contributed by atoms with Crippen molar-refractivity contribution in [2.45, 2.75) is 19.1 Å². The van der Waals surface area contributed by atoms with Crippen LogP contribution in [0.15, 0.2) is 75.9 Å². The largest absolute Gasteiger partial charge is 0.450 e. The van der Waals surface area contributed by atoms with Gasteiger partial charge in [-0.25, -0.2) is 0 Å². The Morgan fingerprint density at radius 2 is 1.70 bits per heavy atom. The summed E-state index contributed by atoms with van der Waals surface area (Å²) >= 11 is 6.06. The van der Waals surface area contributed by atoms with Crippen molar-refractivity contribution < 1.29 is 22.4 Å². The van der Waals surface area contributed by atoms with Crippen molar-refractivity contribution in [3.05, 3.63) is 110 Å². The van der Waals surface area contributed by atoms with E-state index in [-0.39, 0.29) is 28.0 Å². The topological polar surface area (TPSA) is 50.5 Å². The number of hydrogen-bond acceptors (Lipinski definition) is 3. The summed E-state index contributed by atoms with van der Waals surface area (Å²) in [5.74, 6) is -0.887. The van der Waals surface area contributed by atoms with Crippen LogP contribution in [0.25, 0.3) is 11.0 Å². The fourth-order valence-corrected chi connectivity index (χ4v) is 4.28. The van der Waals surface area contributed by atoms with Crippen LogP contribution in [0.2, 0.25) is 5.02 Å². The maximum Gasteiger partial charge on any atom is 0.416 e. The summed E-state index contributed by atoms with van der Waals surface area (Å²) in [6, 6.07) is 15.1. The van der Waals surface area contributed by atoms with E-state index in [0.29, 0.717) is 10.6 Å². The van der Waals surface area contributed by atoms with Crippen LogP contribution in [0.1, 0.15) is 38.9 Å². The molecule has 166 valence electrons. The van der Waals surface area contributed by atoms with Gasteiger partial charge in [-0.05, 0) is 48.9 Å². The first-order valence-corrected chi connectivity index (χ1v) is 10.4. The van der Waals surface area contributed by atoms with Crippen molar-refractivity contribution in [3.63, 3.8) is 0 Å². The van der Waals surface area contributed by atoms with E-state index >= 15 is 0 Å². The van der Waals surface area contributed by atoms with Crippen LogP contribution in [0.3, 0.4) is 0 Å². The molecular weight excluding hydrogens is 455 g/mol. The third-order valence-corrected chi connectivity index (χ3v) is 5.91. The minimum atomic E-state index is -4.59. The summed E-state index contributed by atoms with van der Waals surface area (Å²) in [7, 11) is 0. The molecular formula is C25H15ClF3NO3. The van der Waals surface area contributed by atoms with Gasteiger partial charge in [-0.1, -0.05) is 47.5 Å². The van der Waals surface area contributed by atoms with Crippen LogP contribution in [-0.2, 0) is 6.18 Å². The van der Waals surface area contributed by atoms with Crippen molar-refractivity contribution in [2.24, 2.45) is 0 Å². The summed E-state index contributed by atoms with van der Waals surface area (Å²) in [6.45, 7) is 1.88. The van der Waals surface area contributed by atoms with Crippen LogP contribution >= 0.6 is 11.6 Å². The zero-order valence-electron chi connectivity index (χ0n) is 17.1. The molecule has 0 fully saturated rings. The van der Waals surface area contributed by atoms with Crippen LogP contribution in [0, 0.1) is 6.92 Å². The van der Waals surface area contributed by atoms with Crippen LogP contribution in [0.5, 0.6) is 0 Å². The van der Waals surface area contributed by atoms with Gasteiger partial charge < -0.3 is 4.42 Å². The second-order valence-corrected chi connectivity index (χ2v) is 8.29. The molecule has 3 aromatic carbocycles. The molecule has 1 unspecified atom stereocenters. The highest BCUT2D eigenvalue weighted by atomic mass is 35.5. The molecule has 1 atom stereocenters. The van der Waals surface area contributed by atoms with Gasteiger partial charge in [0.25, 0.3) is 5.91 Å². The zero-order chi connectivity index (χ0) is 23.5. The van der Waals surface area contributed by atoms with E-state index in [1.165, 1.54) is 35.2 Å². The summed E-state index contributed by atoms with van der Waals surface area (Å²) in [5.41, 5.74) is 0.407. The normalized spacial score (nSPS) is 15.8. The first kappa shape index (κ1) is 21.3. The van der Waals surface area contributed by atoms with Gasteiger partial charge in [0.05, 0.1) is 22.6 Å². The first-order chi connectivity index (χ1) is 15.6. The fourth-order valence-electron chi connectivity index (χ4n) is 4.11. The van der Waals surface area contributed by atoms with Gasteiger partial charge >= 0.3 is 6.18 Å². The highest BCUT2D eigenvalue weighted by Crippen LogP contribution is 2.42. The molecule has 0 bridgehead atoms. The lowest BCUT2D eigenvalue weighted by atomic mass is 9.97. The van der Waals surface area contributed by atoms with Crippen LogP contribution in [0.4, 0.5) is 18.9 Å². The Morgan fingerprint density at radius 3 is 2.39 bits per heavy atom. The molecule has 8 heteroatoms. The molecule has 0 spiro atoms. The van der Waals surface area contributed by atoms with Crippen LogP contribution in [-0.4, -0.2) is 5.91 Å². The number of carbonyl (C=O) groups is 1. The minimum absolute atomic E-state index is 0.00767. The van der Waals surface area contributed by atoms with Crippen molar-refractivity contribution in [1.29, 1.82) is 0 Å². The smallest absolute Gasteiger partial charge is 0.416 e. The highest BCUT2D eigenvalue weighted by molar-refractivity contribution is 6.31. The Labute approximate surface area is 190 Å². The van der Waals surface area contributed by atoms with Gasteiger partial charge in [0.1, 0.15) is 5.58 Å². The van der Waals surface area contributed by atoms with Gasteiger partial charge in [0.2, 0.25) is 5.76 Å². The minimum Gasteiger partial charge on any atom is -0.450 e. The third kappa shape index (κ3) is 3.49. The number of nitrogens with zero attached hydrogens (tertiary/aromatic N) is 1. The average Bonchev–Trinajstić information content (AvgIpc) is 3.07.